The molecule has 0 fully saturated rings. The third-order valence-electron chi connectivity index (χ3n) is 4.33. The Kier molecular flexibility index (Phi) is 4.01. The Morgan fingerprint density at radius 3 is 1.73 bits per heavy atom. The largest absolute Gasteiger partial charge is 0.400 e. The summed E-state index contributed by atoms with van der Waals surface area (Å²) in [6.45, 7) is 0. The second-order valence-corrected chi connectivity index (χ2v) is 6.18. The maximum atomic E-state index is 6.16. The maximum Gasteiger partial charge on any atom is 0.0502 e. The van der Waals surface area contributed by atoms with Crippen LogP contribution in [0.3, 0.4) is 0 Å². The lowest BCUT2D eigenvalue weighted by Gasteiger charge is -2.34. The molecule has 0 amide bonds. The van der Waals surface area contributed by atoms with Crippen LogP contribution < -0.4 is 11.5 Å². The molecule has 112 valence electrons. The molecule has 22 heavy (non-hydrogen) atoms. The molecule has 2 heteroatoms. The first-order chi connectivity index (χ1) is 10.7. The highest BCUT2D eigenvalue weighted by molar-refractivity contribution is 5.33. The molecule has 0 radical (unpaired) electrons. The van der Waals surface area contributed by atoms with Gasteiger partial charge < -0.3 is 11.5 Å². The van der Waals surface area contributed by atoms with Gasteiger partial charge in [0.05, 0.1) is 5.70 Å². The molecule has 2 aromatic rings. The van der Waals surface area contributed by atoms with Gasteiger partial charge in [-0.3, -0.25) is 0 Å². The average Bonchev–Trinajstić information content (AvgIpc) is 2.53. The number of nitrogens with two attached hydrogens (primary N) is 2. The molecule has 4 N–H and O–H groups in total. The fraction of sp³-hybridized carbons (Fsp3) is 0.200. The zero-order valence-corrected chi connectivity index (χ0v) is 12.7. The Morgan fingerprint density at radius 1 is 0.773 bits per heavy atom. The molecule has 2 nitrogen and oxygen atoms in total. The lowest BCUT2D eigenvalue weighted by Crippen LogP contribution is -2.30. The Morgan fingerprint density at radius 2 is 1.27 bits per heavy atom. The van der Waals surface area contributed by atoms with E-state index in [-0.39, 0.29) is 5.41 Å². The number of benzene rings is 2. The van der Waals surface area contributed by atoms with Crippen LogP contribution in [0, 0.1) is 5.41 Å². The summed E-state index contributed by atoms with van der Waals surface area (Å²) in [7, 11) is 0. The van der Waals surface area contributed by atoms with Crippen molar-refractivity contribution in [3.63, 3.8) is 0 Å². The van der Waals surface area contributed by atoms with Crippen LogP contribution in [0.25, 0.3) is 0 Å². The minimum atomic E-state index is -0.00431. The summed E-state index contributed by atoms with van der Waals surface area (Å²) in [5.41, 5.74) is 16.3. The summed E-state index contributed by atoms with van der Waals surface area (Å²) in [6, 6.07) is 21.2. The normalized spacial score (nSPS) is 16.7. The minimum absolute atomic E-state index is 0.00431. The van der Waals surface area contributed by atoms with E-state index in [2.05, 4.69) is 66.7 Å². The van der Waals surface area contributed by atoms with Gasteiger partial charge in [0.25, 0.3) is 0 Å². The molecule has 0 unspecified atom stereocenters. The van der Waals surface area contributed by atoms with E-state index in [0.29, 0.717) is 5.70 Å². The number of allylic oxidation sites excluding steroid dienone is 3. The van der Waals surface area contributed by atoms with Crippen molar-refractivity contribution in [3.8, 4) is 0 Å². The van der Waals surface area contributed by atoms with Crippen molar-refractivity contribution in [2.24, 2.45) is 16.9 Å². The summed E-state index contributed by atoms with van der Waals surface area (Å²) >= 11 is 0. The van der Waals surface area contributed by atoms with Crippen LogP contribution in [-0.2, 0) is 12.8 Å². The molecular weight excluding hydrogens is 268 g/mol. The summed E-state index contributed by atoms with van der Waals surface area (Å²) in [6.07, 6.45) is 6.96. The van der Waals surface area contributed by atoms with Gasteiger partial charge in [0.15, 0.2) is 0 Å². The van der Waals surface area contributed by atoms with Gasteiger partial charge in [0.2, 0.25) is 0 Å². The molecule has 0 bridgehead atoms. The number of hydrogen-bond acceptors (Lipinski definition) is 2. The molecule has 2 aromatic carbocycles. The third-order valence-corrected chi connectivity index (χ3v) is 4.33. The van der Waals surface area contributed by atoms with Crippen molar-refractivity contribution in [3.05, 3.63) is 95.3 Å². The van der Waals surface area contributed by atoms with Gasteiger partial charge in [0, 0.05) is 11.1 Å². The maximum absolute atomic E-state index is 6.16. The van der Waals surface area contributed by atoms with E-state index in [4.69, 9.17) is 11.5 Å². The average molecular weight is 290 g/mol. The van der Waals surface area contributed by atoms with E-state index in [1.165, 1.54) is 11.1 Å². The van der Waals surface area contributed by atoms with Gasteiger partial charge in [-0.1, -0.05) is 66.7 Å². The standard InChI is InChI=1S/C20H22N2/c21-18-11-12-20(15-19(18)22,13-16-7-3-1-4-8-16)14-17-9-5-2-6-10-17/h1-12H,13-15,21-22H2. The Balaban J connectivity index is 1.91. The second-order valence-electron chi connectivity index (χ2n) is 6.18. The van der Waals surface area contributed by atoms with Crippen LogP contribution in [-0.4, -0.2) is 0 Å². The lowest BCUT2D eigenvalue weighted by atomic mass is 9.71. The van der Waals surface area contributed by atoms with Crippen LogP contribution in [0.5, 0.6) is 0 Å². The van der Waals surface area contributed by atoms with E-state index < -0.39 is 0 Å². The summed E-state index contributed by atoms with van der Waals surface area (Å²) in [5.74, 6) is 0. The topological polar surface area (TPSA) is 52.0 Å². The van der Waals surface area contributed by atoms with Gasteiger partial charge in [-0.05, 0) is 36.5 Å². The van der Waals surface area contributed by atoms with Crippen LogP contribution in [0.4, 0.5) is 0 Å². The number of hydrogen-bond donors (Lipinski definition) is 2. The zero-order chi connectivity index (χ0) is 15.4. The Bertz CT molecular complexity index is 643. The molecule has 0 saturated carbocycles. The first-order valence-electron chi connectivity index (χ1n) is 7.68. The zero-order valence-electron chi connectivity index (χ0n) is 12.7. The van der Waals surface area contributed by atoms with Crippen molar-refractivity contribution in [2.45, 2.75) is 19.3 Å². The Hall–Kier alpha value is -2.48. The van der Waals surface area contributed by atoms with Crippen LogP contribution >= 0.6 is 0 Å². The van der Waals surface area contributed by atoms with Crippen LogP contribution in [0.2, 0.25) is 0 Å². The Labute approximate surface area is 132 Å². The first-order valence-corrected chi connectivity index (χ1v) is 7.68. The van der Waals surface area contributed by atoms with Crippen molar-refractivity contribution < 1.29 is 0 Å². The molecule has 0 aromatic heterocycles. The van der Waals surface area contributed by atoms with E-state index in [1.54, 1.807) is 0 Å². The summed E-state index contributed by atoms with van der Waals surface area (Å²) in [4.78, 5) is 0. The minimum Gasteiger partial charge on any atom is -0.400 e. The van der Waals surface area contributed by atoms with Crippen molar-refractivity contribution in [1.29, 1.82) is 0 Å². The molecule has 0 atom stereocenters. The predicted octanol–water partition coefficient (Wildman–Crippen LogP) is 3.55. The van der Waals surface area contributed by atoms with E-state index in [0.717, 1.165) is 25.0 Å². The molecule has 0 aliphatic heterocycles. The molecule has 0 heterocycles. The van der Waals surface area contributed by atoms with Crippen LogP contribution in [0.15, 0.2) is 84.2 Å². The van der Waals surface area contributed by atoms with Crippen molar-refractivity contribution in [1.82, 2.24) is 0 Å². The fourth-order valence-electron chi connectivity index (χ4n) is 3.22. The monoisotopic (exact) mass is 290 g/mol. The second kappa shape index (κ2) is 6.10. The third kappa shape index (κ3) is 3.22. The highest BCUT2D eigenvalue weighted by Crippen LogP contribution is 2.38. The van der Waals surface area contributed by atoms with Gasteiger partial charge >= 0.3 is 0 Å². The van der Waals surface area contributed by atoms with E-state index in [9.17, 15) is 0 Å². The lowest BCUT2D eigenvalue weighted by molar-refractivity contribution is 0.364. The van der Waals surface area contributed by atoms with Gasteiger partial charge in [-0.2, -0.15) is 0 Å². The first kappa shape index (κ1) is 14.5. The predicted molar refractivity (Wildman–Crippen MR) is 91.9 cm³/mol. The van der Waals surface area contributed by atoms with Gasteiger partial charge in [-0.15, -0.1) is 0 Å². The molecule has 3 rings (SSSR count). The highest BCUT2D eigenvalue weighted by atomic mass is 14.7. The summed E-state index contributed by atoms with van der Waals surface area (Å²) < 4.78 is 0. The number of rotatable bonds is 4. The summed E-state index contributed by atoms with van der Waals surface area (Å²) in [5, 5.41) is 0. The molecular formula is C20H22N2. The van der Waals surface area contributed by atoms with Crippen molar-refractivity contribution >= 4 is 0 Å². The molecule has 0 spiro atoms. The van der Waals surface area contributed by atoms with E-state index in [1.807, 2.05) is 6.08 Å². The van der Waals surface area contributed by atoms with Crippen molar-refractivity contribution in [2.75, 3.05) is 0 Å². The van der Waals surface area contributed by atoms with Gasteiger partial charge in [-0.25, -0.2) is 0 Å². The van der Waals surface area contributed by atoms with Crippen LogP contribution in [0.1, 0.15) is 17.5 Å². The molecule has 1 aliphatic rings. The molecule has 1 aliphatic carbocycles. The smallest absolute Gasteiger partial charge is 0.0502 e. The van der Waals surface area contributed by atoms with E-state index >= 15 is 0 Å². The fourth-order valence-corrected chi connectivity index (χ4v) is 3.22. The highest BCUT2D eigenvalue weighted by Gasteiger charge is 2.31. The quantitative estimate of drug-likeness (QED) is 0.904. The SMILES string of the molecule is NC1=C(N)CC(Cc2ccccc2)(Cc2ccccc2)C=C1. The molecule has 0 saturated heterocycles. The van der Waals surface area contributed by atoms with Gasteiger partial charge in [0.1, 0.15) is 0 Å².